The van der Waals surface area contributed by atoms with Crippen LogP contribution >= 0.6 is 0 Å². The van der Waals surface area contributed by atoms with E-state index in [0.29, 0.717) is 5.69 Å². The Morgan fingerprint density at radius 1 is 0.917 bits per heavy atom. The van der Waals surface area contributed by atoms with Gasteiger partial charge in [0.15, 0.2) is 0 Å². The number of sulfonamides is 1. The van der Waals surface area contributed by atoms with Gasteiger partial charge in [-0.1, -0.05) is 53.8 Å². The van der Waals surface area contributed by atoms with Gasteiger partial charge in [0.25, 0.3) is 10.0 Å². The van der Waals surface area contributed by atoms with Crippen molar-refractivity contribution < 1.29 is 8.42 Å². The molecule has 0 aliphatic carbocycles. The molecule has 24 heavy (non-hydrogen) atoms. The summed E-state index contributed by atoms with van der Waals surface area (Å²) in [5.41, 5.74) is 2.36. The predicted molar refractivity (Wildman–Crippen MR) is 98.2 cm³/mol. The van der Waals surface area contributed by atoms with Crippen LogP contribution in [0.2, 0.25) is 0 Å². The van der Waals surface area contributed by atoms with Crippen LogP contribution in [0.15, 0.2) is 65.6 Å². The maximum absolute atomic E-state index is 12.6. The third-order valence-corrected chi connectivity index (χ3v) is 5.10. The van der Waals surface area contributed by atoms with E-state index in [0.717, 1.165) is 21.9 Å². The van der Waals surface area contributed by atoms with Crippen molar-refractivity contribution in [2.24, 2.45) is 0 Å². The Labute approximate surface area is 142 Å². The zero-order valence-electron chi connectivity index (χ0n) is 13.2. The number of hydrogen-bond donors (Lipinski definition) is 1. The lowest BCUT2D eigenvalue weighted by Crippen LogP contribution is -2.13. The molecule has 3 rings (SSSR count). The molecule has 0 aliphatic rings. The molecule has 0 saturated heterocycles. The Balaban J connectivity index is 2.08. The van der Waals surface area contributed by atoms with Gasteiger partial charge >= 0.3 is 0 Å². The van der Waals surface area contributed by atoms with Gasteiger partial charge in [-0.15, -0.1) is 0 Å². The number of anilines is 1. The van der Waals surface area contributed by atoms with Crippen molar-refractivity contribution in [3.63, 3.8) is 0 Å². The molecule has 0 spiro atoms. The minimum absolute atomic E-state index is 0.235. The van der Waals surface area contributed by atoms with E-state index in [-0.39, 0.29) is 4.90 Å². The van der Waals surface area contributed by atoms with Gasteiger partial charge in [0, 0.05) is 17.9 Å². The lowest BCUT2D eigenvalue weighted by molar-refractivity contribution is 0.601. The van der Waals surface area contributed by atoms with E-state index in [2.05, 4.69) is 23.5 Å². The first-order valence-corrected chi connectivity index (χ1v) is 8.89. The van der Waals surface area contributed by atoms with Gasteiger partial charge in [-0.05, 0) is 36.6 Å². The van der Waals surface area contributed by atoms with Gasteiger partial charge in [0.1, 0.15) is 0 Å². The average molecular weight is 334 g/mol. The Bertz CT molecular complexity index is 1060. The van der Waals surface area contributed by atoms with Crippen LogP contribution in [0.1, 0.15) is 11.1 Å². The fraction of sp³-hybridized carbons (Fsp3) is 0.0500. The zero-order chi connectivity index (χ0) is 17.2. The summed E-state index contributed by atoms with van der Waals surface area (Å²) in [7, 11) is -3.65. The van der Waals surface area contributed by atoms with Gasteiger partial charge in [0.2, 0.25) is 0 Å². The molecule has 0 bridgehead atoms. The fourth-order valence-corrected chi connectivity index (χ4v) is 3.59. The number of aryl methyl sites for hydroxylation is 1. The number of nitrogens with one attached hydrogen (secondary N) is 1. The lowest BCUT2D eigenvalue weighted by Gasteiger charge is -2.12. The standard InChI is InChI=1S/C20H16NO2S/c1-3-6-16-11-14-20(19-8-5-4-7-18(16)19)21-24(22,23)17-12-9-15(2)10-13-17/h4-5,7-14,21H,1H2,2H3. The highest BCUT2D eigenvalue weighted by Crippen LogP contribution is 2.28. The molecule has 0 aliphatic heterocycles. The summed E-state index contributed by atoms with van der Waals surface area (Å²) in [5, 5.41) is 1.69. The normalized spacial score (nSPS) is 10.9. The van der Waals surface area contributed by atoms with E-state index in [1.165, 1.54) is 0 Å². The van der Waals surface area contributed by atoms with Crippen molar-refractivity contribution in [1.82, 2.24) is 0 Å². The number of fused-ring (bicyclic) bond motifs is 1. The van der Waals surface area contributed by atoms with Crippen molar-refractivity contribution in [1.29, 1.82) is 0 Å². The lowest BCUT2D eigenvalue weighted by atomic mass is 10.0. The second-order valence-corrected chi connectivity index (χ2v) is 7.11. The molecule has 3 aromatic rings. The minimum atomic E-state index is -3.65. The summed E-state index contributed by atoms with van der Waals surface area (Å²) < 4.78 is 27.9. The number of hydrogen-bond acceptors (Lipinski definition) is 2. The summed E-state index contributed by atoms with van der Waals surface area (Å²) in [5.74, 6) is 5.58. The molecule has 0 amide bonds. The monoisotopic (exact) mass is 334 g/mol. The highest BCUT2D eigenvalue weighted by molar-refractivity contribution is 7.92. The van der Waals surface area contributed by atoms with Gasteiger partial charge in [-0.25, -0.2) is 8.42 Å². The summed E-state index contributed by atoms with van der Waals surface area (Å²) >= 11 is 0. The van der Waals surface area contributed by atoms with Crippen LogP contribution in [0.25, 0.3) is 10.8 Å². The maximum atomic E-state index is 12.6. The first kappa shape index (κ1) is 16.1. The predicted octanol–water partition coefficient (Wildman–Crippen LogP) is 4.13. The first-order valence-electron chi connectivity index (χ1n) is 7.40. The van der Waals surface area contributed by atoms with Gasteiger partial charge < -0.3 is 0 Å². The molecule has 0 saturated carbocycles. The molecule has 1 N–H and O–H groups in total. The molecule has 0 fully saturated rings. The Morgan fingerprint density at radius 2 is 1.58 bits per heavy atom. The summed E-state index contributed by atoms with van der Waals surface area (Å²) in [4.78, 5) is 0.235. The van der Waals surface area contributed by atoms with Crippen molar-refractivity contribution in [2.75, 3.05) is 4.72 Å². The maximum Gasteiger partial charge on any atom is 0.261 e. The smallest absolute Gasteiger partial charge is 0.261 e. The SMILES string of the molecule is [CH2]C#Cc1ccc(NS(=O)(=O)c2ccc(C)cc2)c2ccccc12. The summed E-state index contributed by atoms with van der Waals surface area (Å²) in [6, 6.07) is 17.8. The fourth-order valence-electron chi connectivity index (χ4n) is 2.51. The van der Waals surface area contributed by atoms with Crippen LogP contribution in [-0.4, -0.2) is 8.42 Å². The van der Waals surface area contributed by atoms with Crippen molar-refractivity contribution in [2.45, 2.75) is 11.8 Å². The van der Waals surface area contributed by atoms with Gasteiger partial charge in [-0.3, -0.25) is 4.72 Å². The molecular weight excluding hydrogens is 318 g/mol. The molecule has 4 heteroatoms. The van der Waals surface area contributed by atoms with E-state index >= 15 is 0 Å². The number of rotatable bonds is 3. The second kappa shape index (κ2) is 6.38. The minimum Gasteiger partial charge on any atom is -0.279 e. The molecule has 3 aromatic carbocycles. The van der Waals surface area contributed by atoms with Crippen LogP contribution in [0, 0.1) is 25.7 Å². The van der Waals surface area contributed by atoms with Crippen LogP contribution in [0.3, 0.4) is 0 Å². The molecule has 1 radical (unpaired) electrons. The van der Waals surface area contributed by atoms with Crippen molar-refractivity contribution in [3.8, 4) is 11.8 Å². The quantitative estimate of drug-likeness (QED) is 0.732. The third kappa shape index (κ3) is 3.12. The van der Waals surface area contributed by atoms with Crippen LogP contribution in [0.4, 0.5) is 5.69 Å². The van der Waals surface area contributed by atoms with Crippen molar-refractivity contribution in [3.05, 3.63) is 78.7 Å². The highest BCUT2D eigenvalue weighted by atomic mass is 32.2. The molecular formula is C20H16NO2S. The van der Waals surface area contributed by atoms with Crippen LogP contribution in [0.5, 0.6) is 0 Å². The van der Waals surface area contributed by atoms with Gasteiger partial charge in [-0.2, -0.15) is 0 Å². The second-order valence-electron chi connectivity index (χ2n) is 5.43. The van der Waals surface area contributed by atoms with E-state index in [9.17, 15) is 8.42 Å². The molecule has 0 atom stereocenters. The number of benzene rings is 3. The zero-order valence-corrected chi connectivity index (χ0v) is 14.0. The van der Waals surface area contributed by atoms with E-state index in [1.54, 1.807) is 36.4 Å². The Hall–Kier alpha value is -2.77. The summed E-state index contributed by atoms with van der Waals surface area (Å²) in [6.45, 7) is 5.46. The highest BCUT2D eigenvalue weighted by Gasteiger charge is 2.15. The molecule has 0 unspecified atom stereocenters. The topological polar surface area (TPSA) is 46.2 Å². The van der Waals surface area contributed by atoms with Crippen LogP contribution < -0.4 is 4.72 Å². The Morgan fingerprint density at radius 3 is 2.25 bits per heavy atom. The molecule has 0 aromatic heterocycles. The van der Waals surface area contributed by atoms with E-state index < -0.39 is 10.0 Å². The largest absolute Gasteiger partial charge is 0.279 e. The van der Waals surface area contributed by atoms with Crippen LogP contribution in [-0.2, 0) is 10.0 Å². The molecule has 0 heterocycles. The van der Waals surface area contributed by atoms with Crippen molar-refractivity contribution >= 4 is 26.5 Å². The Kier molecular flexibility index (Phi) is 4.28. The average Bonchev–Trinajstić information content (AvgIpc) is 2.57. The van der Waals surface area contributed by atoms with E-state index in [1.807, 2.05) is 31.2 Å². The first-order chi connectivity index (χ1) is 11.5. The van der Waals surface area contributed by atoms with E-state index in [4.69, 9.17) is 0 Å². The third-order valence-electron chi connectivity index (χ3n) is 3.72. The molecule has 119 valence electrons. The molecule has 3 nitrogen and oxygen atoms in total. The van der Waals surface area contributed by atoms with Gasteiger partial charge in [0.05, 0.1) is 10.6 Å². The summed E-state index contributed by atoms with van der Waals surface area (Å²) in [6.07, 6.45) is 0.